The summed E-state index contributed by atoms with van der Waals surface area (Å²) in [6.07, 6.45) is 6.52. The van der Waals surface area contributed by atoms with Crippen molar-refractivity contribution < 1.29 is 9.53 Å². The van der Waals surface area contributed by atoms with Crippen LogP contribution in [0.25, 0.3) is 10.2 Å². The van der Waals surface area contributed by atoms with Crippen molar-refractivity contribution in [2.45, 2.75) is 44.6 Å². The average molecular weight is 365 g/mol. The average Bonchev–Trinajstić information content (AvgIpc) is 3.31. The molecule has 4 rings (SSSR count). The van der Waals surface area contributed by atoms with Crippen molar-refractivity contribution in [1.82, 2.24) is 4.98 Å². The summed E-state index contributed by atoms with van der Waals surface area (Å²) in [5.74, 6) is 0.357. The molecule has 0 N–H and O–H groups in total. The molecule has 24 heavy (non-hydrogen) atoms. The second kappa shape index (κ2) is 6.98. The fourth-order valence-electron chi connectivity index (χ4n) is 3.65. The molecule has 4 nitrogen and oxygen atoms in total. The zero-order valence-corrected chi connectivity index (χ0v) is 15.1. The Bertz CT molecular complexity index is 736. The maximum Gasteiger partial charge on any atom is 0.231 e. The first-order chi connectivity index (χ1) is 11.7. The number of halogens is 1. The molecule has 2 heterocycles. The van der Waals surface area contributed by atoms with Crippen LogP contribution in [-0.4, -0.2) is 30.1 Å². The van der Waals surface area contributed by atoms with Crippen LogP contribution < -0.4 is 4.90 Å². The van der Waals surface area contributed by atoms with Gasteiger partial charge in [-0.1, -0.05) is 35.8 Å². The van der Waals surface area contributed by atoms with Gasteiger partial charge in [0.05, 0.1) is 22.9 Å². The lowest BCUT2D eigenvalue weighted by Crippen LogP contribution is -2.40. The minimum absolute atomic E-state index is 0.131. The highest BCUT2D eigenvalue weighted by molar-refractivity contribution is 7.22. The van der Waals surface area contributed by atoms with Gasteiger partial charge in [0.1, 0.15) is 0 Å². The summed E-state index contributed by atoms with van der Waals surface area (Å²) in [7, 11) is 0. The van der Waals surface area contributed by atoms with Crippen LogP contribution in [0.4, 0.5) is 5.13 Å². The molecule has 2 aromatic rings. The van der Waals surface area contributed by atoms with Crippen LogP contribution in [-0.2, 0) is 9.53 Å². The number of hydrogen-bond acceptors (Lipinski definition) is 4. The second-order valence-corrected chi connectivity index (χ2v) is 8.12. The lowest BCUT2D eigenvalue weighted by atomic mass is 10.1. The van der Waals surface area contributed by atoms with Crippen molar-refractivity contribution in [3.8, 4) is 0 Å². The first kappa shape index (κ1) is 16.3. The first-order valence-electron chi connectivity index (χ1n) is 8.70. The number of nitrogens with zero attached hydrogens (tertiary/aromatic N) is 2. The van der Waals surface area contributed by atoms with Gasteiger partial charge in [0.15, 0.2) is 5.13 Å². The molecule has 0 radical (unpaired) electrons. The zero-order chi connectivity index (χ0) is 16.5. The highest BCUT2D eigenvalue weighted by Gasteiger charge is 2.32. The quantitative estimate of drug-likeness (QED) is 0.792. The Morgan fingerprint density at radius 2 is 2.12 bits per heavy atom. The smallest absolute Gasteiger partial charge is 0.231 e. The van der Waals surface area contributed by atoms with Crippen molar-refractivity contribution in [2.24, 2.45) is 5.92 Å². The summed E-state index contributed by atoms with van der Waals surface area (Å²) in [4.78, 5) is 19.7. The highest BCUT2D eigenvalue weighted by atomic mass is 35.5. The number of carbonyl (C=O) groups is 1. The standard InChI is InChI=1S/C18H21ClN2O2S/c19-13-7-8-15-16(10-13)24-18(20-15)21(11-14-6-3-9-23-14)17(22)12-4-1-2-5-12/h7-8,10,12,14H,1-6,9,11H2/t14-/m1/s1. The van der Waals surface area contributed by atoms with E-state index in [4.69, 9.17) is 21.3 Å². The van der Waals surface area contributed by atoms with E-state index in [-0.39, 0.29) is 17.9 Å². The Hall–Kier alpha value is -1.17. The van der Waals surface area contributed by atoms with Crippen molar-refractivity contribution >= 4 is 44.2 Å². The van der Waals surface area contributed by atoms with Gasteiger partial charge in [-0.05, 0) is 43.9 Å². The number of anilines is 1. The first-order valence-corrected chi connectivity index (χ1v) is 9.89. The number of hydrogen-bond donors (Lipinski definition) is 0. The van der Waals surface area contributed by atoms with Crippen molar-refractivity contribution in [3.05, 3.63) is 23.2 Å². The minimum atomic E-state index is 0.131. The van der Waals surface area contributed by atoms with E-state index in [2.05, 4.69) is 0 Å². The van der Waals surface area contributed by atoms with Gasteiger partial charge < -0.3 is 4.74 Å². The molecule has 1 saturated heterocycles. The molecule has 1 aliphatic heterocycles. The minimum Gasteiger partial charge on any atom is -0.376 e. The third-order valence-electron chi connectivity index (χ3n) is 4.95. The molecule has 2 aliphatic rings. The lowest BCUT2D eigenvalue weighted by molar-refractivity contribution is -0.122. The fraction of sp³-hybridized carbons (Fsp3) is 0.556. The Morgan fingerprint density at radius 3 is 2.88 bits per heavy atom. The number of aromatic nitrogens is 1. The van der Waals surface area contributed by atoms with E-state index in [0.717, 1.165) is 60.5 Å². The summed E-state index contributed by atoms with van der Waals surface area (Å²) >= 11 is 7.63. The molecule has 0 spiro atoms. The molecule has 2 fully saturated rings. The molecule has 1 aliphatic carbocycles. The number of rotatable bonds is 4. The molecule has 1 atom stereocenters. The second-order valence-electron chi connectivity index (χ2n) is 6.67. The molecule has 0 unspecified atom stereocenters. The molecule has 1 amide bonds. The summed E-state index contributed by atoms with van der Waals surface area (Å²) in [5, 5.41) is 1.48. The van der Waals surface area contributed by atoms with Crippen LogP contribution in [0.5, 0.6) is 0 Å². The Kier molecular flexibility index (Phi) is 4.74. The number of ether oxygens (including phenoxy) is 1. The Balaban J connectivity index is 1.65. The van der Waals surface area contributed by atoms with Crippen molar-refractivity contribution in [2.75, 3.05) is 18.1 Å². The summed E-state index contributed by atoms with van der Waals surface area (Å²) in [5.41, 5.74) is 0.899. The molecule has 0 bridgehead atoms. The molecule has 128 valence electrons. The largest absolute Gasteiger partial charge is 0.376 e. The SMILES string of the molecule is O=C(C1CCCC1)N(C[C@H]1CCCO1)c1nc2ccc(Cl)cc2s1. The third kappa shape index (κ3) is 3.30. The Morgan fingerprint density at radius 1 is 1.29 bits per heavy atom. The number of benzene rings is 1. The van der Waals surface area contributed by atoms with E-state index in [9.17, 15) is 4.79 Å². The van der Waals surface area contributed by atoms with E-state index in [1.165, 1.54) is 0 Å². The third-order valence-corrected chi connectivity index (χ3v) is 6.23. The monoisotopic (exact) mass is 364 g/mol. The van der Waals surface area contributed by atoms with E-state index in [1.807, 2.05) is 23.1 Å². The normalized spacial score (nSPS) is 21.6. The van der Waals surface area contributed by atoms with Crippen LogP contribution in [0.15, 0.2) is 18.2 Å². The van der Waals surface area contributed by atoms with Gasteiger partial charge in [-0.15, -0.1) is 0 Å². The molecule has 1 aromatic carbocycles. The Labute approximate surface area is 150 Å². The van der Waals surface area contributed by atoms with E-state index in [1.54, 1.807) is 11.3 Å². The number of carbonyl (C=O) groups excluding carboxylic acids is 1. The highest BCUT2D eigenvalue weighted by Crippen LogP contribution is 2.34. The fourth-order valence-corrected chi connectivity index (χ4v) is 4.91. The van der Waals surface area contributed by atoms with E-state index >= 15 is 0 Å². The molecule has 6 heteroatoms. The van der Waals surface area contributed by atoms with Crippen LogP contribution >= 0.6 is 22.9 Å². The van der Waals surface area contributed by atoms with Gasteiger partial charge in [0, 0.05) is 17.5 Å². The van der Waals surface area contributed by atoms with Crippen LogP contribution in [0.2, 0.25) is 5.02 Å². The van der Waals surface area contributed by atoms with Crippen molar-refractivity contribution in [1.29, 1.82) is 0 Å². The molecule has 1 saturated carbocycles. The van der Waals surface area contributed by atoms with Gasteiger partial charge in [-0.25, -0.2) is 4.98 Å². The zero-order valence-electron chi connectivity index (χ0n) is 13.5. The molecular weight excluding hydrogens is 344 g/mol. The van der Waals surface area contributed by atoms with Crippen LogP contribution in [0.1, 0.15) is 38.5 Å². The van der Waals surface area contributed by atoms with Crippen molar-refractivity contribution in [3.63, 3.8) is 0 Å². The topological polar surface area (TPSA) is 42.4 Å². The van der Waals surface area contributed by atoms with E-state index < -0.39 is 0 Å². The summed E-state index contributed by atoms with van der Waals surface area (Å²) < 4.78 is 6.80. The van der Waals surface area contributed by atoms with Gasteiger partial charge >= 0.3 is 0 Å². The predicted octanol–water partition coefficient (Wildman–Crippen LogP) is 4.65. The maximum absolute atomic E-state index is 13.1. The van der Waals surface area contributed by atoms with Gasteiger partial charge in [0.25, 0.3) is 0 Å². The summed E-state index contributed by atoms with van der Waals surface area (Å²) in [6.45, 7) is 1.41. The molecule has 1 aromatic heterocycles. The maximum atomic E-state index is 13.1. The van der Waals surface area contributed by atoms with Crippen LogP contribution in [0, 0.1) is 5.92 Å². The lowest BCUT2D eigenvalue weighted by Gasteiger charge is -2.25. The predicted molar refractivity (Wildman–Crippen MR) is 97.9 cm³/mol. The number of amides is 1. The van der Waals surface area contributed by atoms with Gasteiger partial charge in [0.2, 0.25) is 5.91 Å². The van der Waals surface area contributed by atoms with Gasteiger partial charge in [-0.2, -0.15) is 0 Å². The number of thiazole rings is 1. The van der Waals surface area contributed by atoms with E-state index in [0.29, 0.717) is 11.6 Å². The van der Waals surface area contributed by atoms with Crippen LogP contribution in [0.3, 0.4) is 0 Å². The summed E-state index contributed by atoms with van der Waals surface area (Å²) in [6, 6.07) is 5.68. The number of fused-ring (bicyclic) bond motifs is 1. The molecular formula is C18H21ClN2O2S. The van der Waals surface area contributed by atoms with Gasteiger partial charge in [-0.3, -0.25) is 9.69 Å².